The van der Waals surface area contributed by atoms with Crippen LogP contribution in [0, 0.1) is 0 Å². The minimum absolute atomic E-state index is 0.133. The fourth-order valence-corrected chi connectivity index (χ4v) is 3.74. The Morgan fingerprint density at radius 1 is 1.32 bits per heavy atom. The van der Waals surface area contributed by atoms with Crippen molar-refractivity contribution < 1.29 is 21.6 Å². The molecule has 0 radical (unpaired) electrons. The summed E-state index contributed by atoms with van der Waals surface area (Å²) in [6, 6.07) is -0.133. The van der Waals surface area contributed by atoms with Crippen molar-refractivity contribution in [2.75, 3.05) is 39.0 Å². The molecule has 0 spiro atoms. The van der Waals surface area contributed by atoms with Crippen molar-refractivity contribution in [3.05, 3.63) is 0 Å². The number of nitrogens with zero attached hydrogens (tertiary/aromatic N) is 2. The summed E-state index contributed by atoms with van der Waals surface area (Å²) in [6.45, 7) is 5.82. The zero-order valence-electron chi connectivity index (χ0n) is 15.1. The van der Waals surface area contributed by atoms with E-state index in [2.05, 4.69) is 20.3 Å². The van der Waals surface area contributed by atoms with Crippen LogP contribution >= 0.6 is 0 Å². The van der Waals surface area contributed by atoms with E-state index in [0.717, 1.165) is 6.26 Å². The standard InChI is InChI=1S/C14H28F3N5O2S/c1-5-18-12(19-9-13(2,3)21-25(4,23)24)20-11-6-7-22(8-11)10-14(15,16)17/h11,21H,5-10H2,1-4H3,(H2,18,19,20). The van der Waals surface area contributed by atoms with E-state index in [9.17, 15) is 21.6 Å². The molecule has 1 heterocycles. The normalized spacial score (nSPS) is 20.8. The van der Waals surface area contributed by atoms with Crippen molar-refractivity contribution in [3.8, 4) is 0 Å². The van der Waals surface area contributed by atoms with Crippen LogP contribution in [0.5, 0.6) is 0 Å². The predicted molar refractivity (Wildman–Crippen MR) is 92.1 cm³/mol. The molecule has 3 N–H and O–H groups in total. The molecule has 1 rings (SSSR count). The Bertz CT molecular complexity index is 563. The van der Waals surface area contributed by atoms with Crippen LogP contribution in [0.4, 0.5) is 13.2 Å². The van der Waals surface area contributed by atoms with E-state index in [-0.39, 0.29) is 19.1 Å². The average Bonchev–Trinajstić information content (AvgIpc) is 2.78. The summed E-state index contributed by atoms with van der Waals surface area (Å²) in [6.07, 6.45) is -2.53. The Kier molecular flexibility index (Phi) is 7.51. The van der Waals surface area contributed by atoms with Gasteiger partial charge < -0.3 is 10.6 Å². The van der Waals surface area contributed by atoms with Gasteiger partial charge in [-0.25, -0.2) is 13.1 Å². The van der Waals surface area contributed by atoms with Gasteiger partial charge in [0.05, 0.1) is 19.3 Å². The molecule has 0 aliphatic carbocycles. The quantitative estimate of drug-likeness (QED) is 0.438. The molecule has 1 fully saturated rings. The van der Waals surface area contributed by atoms with E-state index in [4.69, 9.17) is 0 Å². The number of halogens is 3. The Hall–Kier alpha value is -1.07. The lowest BCUT2D eigenvalue weighted by atomic mass is 10.1. The summed E-state index contributed by atoms with van der Waals surface area (Å²) in [5.74, 6) is 0.463. The Morgan fingerprint density at radius 3 is 2.48 bits per heavy atom. The number of guanidine groups is 1. The second-order valence-corrected chi connectivity index (χ2v) is 8.68. The second-order valence-electron chi connectivity index (χ2n) is 6.93. The maximum Gasteiger partial charge on any atom is 0.401 e. The first kappa shape index (κ1) is 22.0. The van der Waals surface area contributed by atoms with Crippen molar-refractivity contribution in [1.29, 1.82) is 0 Å². The van der Waals surface area contributed by atoms with E-state index in [1.165, 1.54) is 4.90 Å². The van der Waals surface area contributed by atoms with Gasteiger partial charge in [-0.05, 0) is 27.2 Å². The van der Waals surface area contributed by atoms with Crippen LogP contribution in [-0.4, -0.2) is 76.0 Å². The minimum atomic E-state index is -4.20. The molecule has 7 nitrogen and oxygen atoms in total. The van der Waals surface area contributed by atoms with Crippen molar-refractivity contribution in [2.24, 2.45) is 4.99 Å². The van der Waals surface area contributed by atoms with Crippen LogP contribution in [-0.2, 0) is 10.0 Å². The van der Waals surface area contributed by atoms with Gasteiger partial charge >= 0.3 is 6.18 Å². The Labute approximate surface area is 147 Å². The molecule has 1 aliphatic rings. The van der Waals surface area contributed by atoms with E-state index < -0.39 is 28.3 Å². The van der Waals surface area contributed by atoms with Gasteiger partial charge in [-0.3, -0.25) is 9.89 Å². The molecule has 0 amide bonds. The molecule has 1 atom stereocenters. The molecule has 1 unspecified atom stereocenters. The fraction of sp³-hybridized carbons (Fsp3) is 0.929. The first-order chi connectivity index (χ1) is 11.3. The first-order valence-corrected chi connectivity index (χ1v) is 10.0. The molecule has 1 aliphatic heterocycles. The molecule has 1 saturated heterocycles. The van der Waals surface area contributed by atoms with Gasteiger partial charge in [0.25, 0.3) is 0 Å². The summed E-state index contributed by atoms with van der Waals surface area (Å²) in [5, 5.41) is 6.15. The molecule has 25 heavy (non-hydrogen) atoms. The lowest BCUT2D eigenvalue weighted by Crippen LogP contribution is -2.48. The number of sulfonamides is 1. The largest absolute Gasteiger partial charge is 0.401 e. The van der Waals surface area contributed by atoms with Crippen molar-refractivity contribution in [3.63, 3.8) is 0 Å². The summed E-state index contributed by atoms with van der Waals surface area (Å²) < 4.78 is 62.6. The highest BCUT2D eigenvalue weighted by atomic mass is 32.2. The summed E-state index contributed by atoms with van der Waals surface area (Å²) in [4.78, 5) is 5.72. The van der Waals surface area contributed by atoms with Crippen LogP contribution < -0.4 is 15.4 Å². The number of likely N-dealkylation sites (tertiary alicyclic amines) is 1. The summed E-state index contributed by atoms with van der Waals surface area (Å²) in [7, 11) is -3.36. The molecule has 0 bridgehead atoms. The van der Waals surface area contributed by atoms with Crippen molar-refractivity contribution in [1.82, 2.24) is 20.3 Å². The lowest BCUT2D eigenvalue weighted by Gasteiger charge is -2.24. The molecule has 11 heteroatoms. The highest BCUT2D eigenvalue weighted by Crippen LogP contribution is 2.19. The van der Waals surface area contributed by atoms with E-state index >= 15 is 0 Å². The first-order valence-electron chi connectivity index (χ1n) is 8.12. The molecular weight excluding hydrogens is 359 g/mol. The number of nitrogens with one attached hydrogen (secondary N) is 3. The fourth-order valence-electron chi connectivity index (χ4n) is 2.67. The van der Waals surface area contributed by atoms with Gasteiger partial charge in [0.15, 0.2) is 5.96 Å². The topological polar surface area (TPSA) is 85.8 Å². The van der Waals surface area contributed by atoms with Gasteiger partial charge in [0.1, 0.15) is 0 Å². The highest BCUT2D eigenvalue weighted by Gasteiger charge is 2.34. The van der Waals surface area contributed by atoms with Gasteiger partial charge in [0.2, 0.25) is 10.0 Å². The zero-order chi connectivity index (χ0) is 19.3. The second kappa shape index (κ2) is 8.54. The van der Waals surface area contributed by atoms with Crippen molar-refractivity contribution in [2.45, 2.75) is 44.9 Å². The SMILES string of the molecule is CCNC(=NCC(C)(C)NS(C)(=O)=O)NC1CCN(CC(F)(F)F)C1. The smallest absolute Gasteiger partial charge is 0.357 e. The summed E-state index contributed by atoms with van der Waals surface area (Å²) >= 11 is 0. The number of rotatable bonds is 7. The Morgan fingerprint density at radius 2 is 1.96 bits per heavy atom. The molecular formula is C14H28F3N5O2S. The maximum absolute atomic E-state index is 12.5. The van der Waals surface area contributed by atoms with E-state index in [1.54, 1.807) is 13.8 Å². The Balaban J connectivity index is 2.62. The van der Waals surface area contributed by atoms with E-state index in [0.29, 0.717) is 25.5 Å². The van der Waals surface area contributed by atoms with Crippen LogP contribution in [0.3, 0.4) is 0 Å². The summed E-state index contributed by atoms with van der Waals surface area (Å²) in [5.41, 5.74) is -0.770. The van der Waals surface area contributed by atoms with Crippen LogP contribution in [0.15, 0.2) is 4.99 Å². The number of alkyl halides is 3. The average molecular weight is 387 g/mol. The number of hydrogen-bond acceptors (Lipinski definition) is 4. The molecule has 0 aromatic carbocycles. The highest BCUT2D eigenvalue weighted by molar-refractivity contribution is 7.88. The van der Waals surface area contributed by atoms with Gasteiger partial charge in [-0.1, -0.05) is 0 Å². The lowest BCUT2D eigenvalue weighted by molar-refractivity contribution is -0.143. The predicted octanol–water partition coefficient (Wildman–Crippen LogP) is 0.506. The van der Waals surface area contributed by atoms with Gasteiger partial charge in [0, 0.05) is 31.2 Å². The molecule has 0 aromatic rings. The molecule has 0 aromatic heterocycles. The van der Waals surface area contributed by atoms with Crippen LogP contribution in [0.2, 0.25) is 0 Å². The third kappa shape index (κ3) is 9.85. The monoisotopic (exact) mass is 387 g/mol. The third-order valence-electron chi connectivity index (χ3n) is 3.45. The van der Waals surface area contributed by atoms with Gasteiger partial charge in [-0.2, -0.15) is 13.2 Å². The number of aliphatic imine (C=N–C) groups is 1. The zero-order valence-corrected chi connectivity index (χ0v) is 15.9. The number of hydrogen-bond donors (Lipinski definition) is 3. The molecule has 0 saturated carbocycles. The maximum atomic E-state index is 12.5. The van der Waals surface area contributed by atoms with Crippen LogP contribution in [0.25, 0.3) is 0 Å². The molecule has 148 valence electrons. The van der Waals surface area contributed by atoms with Crippen molar-refractivity contribution >= 4 is 16.0 Å². The van der Waals surface area contributed by atoms with E-state index in [1.807, 2.05) is 6.92 Å². The minimum Gasteiger partial charge on any atom is -0.357 e. The third-order valence-corrected chi connectivity index (χ3v) is 4.38. The van der Waals surface area contributed by atoms with Crippen LogP contribution in [0.1, 0.15) is 27.2 Å². The van der Waals surface area contributed by atoms with Gasteiger partial charge in [-0.15, -0.1) is 0 Å².